The summed E-state index contributed by atoms with van der Waals surface area (Å²) in [6, 6.07) is 19.6. The van der Waals surface area contributed by atoms with Gasteiger partial charge in [0.2, 0.25) is 0 Å². The molecule has 2 aromatic carbocycles. The van der Waals surface area contributed by atoms with E-state index in [2.05, 4.69) is 9.97 Å². The van der Waals surface area contributed by atoms with Gasteiger partial charge in [-0.25, -0.2) is 9.97 Å². The number of rotatable bonds is 1. The SMILES string of the molecule is S=c1cc(-c2ccccc2)nc2ccccc2n1. The molecule has 0 radical (unpaired) electrons. The molecule has 1 heterocycles. The second-order valence-electron chi connectivity index (χ2n) is 3.95. The van der Waals surface area contributed by atoms with Crippen molar-refractivity contribution in [3.63, 3.8) is 0 Å². The molecule has 0 aliphatic rings. The Morgan fingerprint density at radius 3 is 2.06 bits per heavy atom. The fourth-order valence-corrected chi connectivity index (χ4v) is 2.05. The molecule has 0 saturated carbocycles. The number of fused-ring (bicyclic) bond motifs is 1. The van der Waals surface area contributed by atoms with Crippen molar-refractivity contribution in [1.82, 2.24) is 9.97 Å². The van der Waals surface area contributed by atoms with Crippen LogP contribution in [0.5, 0.6) is 0 Å². The van der Waals surface area contributed by atoms with Crippen LogP contribution in [0.15, 0.2) is 60.7 Å². The molecule has 0 amide bonds. The highest BCUT2D eigenvalue weighted by atomic mass is 32.1. The van der Waals surface area contributed by atoms with Crippen molar-refractivity contribution in [3.8, 4) is 11.3 Å². The van der Waals surface area contributed by atoms with Crippen LogP contribution < -0.4 is 0 Å². The van der Waals surface area contributed by atoms with E-state index in [0.29, 0.717) is 4.64 Å². The Kier molecular flexibility index (Phi) is 2.82. The Balaban J connectivity index is 2.35. The highest BCUT2D eigenvalue weighted by Crippen LogP contribution is 2.18. The van der Waals surface area contributed by atoms with E-state index in [4.69, 9.17) is 12.2 Å². The molecule has 0 spiro atoms. The van der Waals surface area contributed by atoms with E-state index in [1.54, 1.807) is 0 Å². The lowest BCUT2D eigenvalue weighted by molar-refractivity contribution is 1.40. The molecular weight excluding hydrogens is 240 g/mol. The molecule has 0 fully saturated rings. The molecule has 86 valence electrons. The highest BCUT2D eigenvalue weighted by molar-refractivity contribution is 7.71. The average molecular weight is 250 g/mol. The highest BCUT2D eigenvalue weighted by Gasteiger charge is 2.00. The van der Waals surface area contributed by atoms with Crippen LogP contribution in [0.4, 0.5) is 0 Å². The lowest BCUT2D eigenvalue weighted by atomic mass is 10.1. The molecule has 3 heteroatoms. The molecule has 3 rings (SSSR count). The van der Waals surface area contributed by atoms with Crippen LogP contribution in [0.2, 0.25) is 0 Å². The first-order chi connectivity index (χ1) is 8.83. The lowest BCUT2D eigenvalue weighted by Gasteiger charge is -1.96. The van der Waals surface area contributed by atoms with E-state index in [-0.39, 0.29) is 0 Å². The summed E-state index contributed by atoms with van der Waals surface area (Å²) in [7, 11) is 0. The molecule has 0 bridgehead atoms. The van der Waals surface area contributed by atoms with Crippen molar-refractivity contribution in [2.24, 2.45) is 0 Å². The zero-order valence-corrected chi connectivity index (χ0v) is 10.4. The smallest absolute Gasteiger partial charge is 0.129 e. The Morgan fingerprint density at radius 1 is 0.722 bits per heavy atom. The Bertz CT molecular complexity index is 754. The fraction of sp³-hybridized carbons (Fsp3) is 0. The fourth-order valence-electron chi connectivity index (χ4n) is 1.84. The molecule has 18 heavy (non-hydrogen) atoms. The minimum absolute atomic E-state index is 0.558. The molecule has 0 aliphatic heterocycles. The Hall–Kier alpha value is -2.13. The summed E-state index contributed by atoms with van der Waals surface area (Å²) in [5, 5.41) is 0. The van der Waals surface area contributed by atoms with E-state index in [0.717, 1.165) is 22.3 Å². The van der Waals surface area contributed by atoms with Crippen molar-refractivity contribution in [1.29, 1.82) is 0 Å². The van der Waals surface area contributed by atoms with Crippen molar-refractivity contribution in [2.45, 2.75) is 0 Å². The van der Waals surface area contributed by atoms with E-state index in [9.17, 15) is 0 Å². The number of aromatic nitrogens is 2. The van der Waals surface area contributed by atoms with Gasteiger partial charge in [-0.15, -0.1) is 0 Å². The van der Waals surface area contributed by atoms with Gasteiger partial charge < -0.3 is 0 Å². The number of hydrogen-bond donors (Lipinski definition) is 0. The van der Waals surface area contributed by atoms with E-state index >= 15 is 0 Å². The first-order valence-electron chi connectivity index (χ1n) is 5.66. The summed E-state index contributed by atoms with van der Waals surface area (Å²) < 4.78 is 0.558. The number of benzene rings is 2. The zero-order chi connectivity index (χ0) is 12.4. The van der Waals surface area contributed by atoms with Crippen molar-refractivity contribution < 1.29 is 0 Å². The third-order valence-electron chi connectivity index (χ3n) is 2.68. The second kappa shape index (κ2) is 4.63. The predicted octanol–water partition coefficient (Wildman–Crippen LogP) is 4.03. The second-order valence-corrected chi connectivity index (χ2v) is 4.36. The molecule has 0 N–H and O–H groups in total. The van der Waals surface area contributed by atoms with Gasteiger partial charge in [0.25, 0.3) is 0 Å². The maximum absolute atomic E-state index is 5.24. The monoisotopic (exact) mass is 250 g/mol. The maximum atomic E-state index is 5.24. The third kappa shape index (κ3) is 2.13. The first-order valence-corrected chi connectivity index (χ1v) is 6.07. The molecule has 0 saturated heterocycles. The molecular formula is C15H10N2S. The van der Waals surface area contributed by atoms with Crippen molar-refractivity contribution in [3.05, 3.63) is 65.3 Å². The topological polar surface area (TPSA) is 25.8 Å². The van der Waals surface area contributed by atoms with Crippen LogP contribution in [-0.4, -0.2) is 9.97 Å². The first kappa shape index (κ1) is 11.0. The molecule has 2 nitrogen and oxygen atoms in total. The summed E-state index contributed by atoms with van der Waals surface area (Å²) >= 11 is 5.24. The van der Waals surface area contributed by atoms with Gasteiger partial charge in [-0.05, 0) is 12.1 Å². The summed E-state index contributed by atoms with van der Waals surface area (Å²) in [4.78, 5) is 9.02. The molecule has 0 atom stereocenters. The molecule has 1 aromatic heterocycles. The largest absolute Gasteiger partial charge is 0.246 e. The van der Waals surface area contributed by atoms with Gasteiger partial charge in [-0.3, -0.25) is 0 Å². The zero-order valence-electron chi connectivity index (χ0n) is 9.58. The van der Waals surface area contributed by atoms with Gasteiger partial charge >= 0.3 is 0 Å². The Labute approximate surface area is 110 Å². The van der Waals surface area contributed by atoms with Crippen LogP contribution >= 0.6 is 12.2 Å². The summed E-state index contributed by atoms with van der Waals surface area (Å²) in [6.07, 6.45) is 0. The number of nitrogens with zero attached hydrogens (tertiary/aromatic N) is 2. The molecule has 3 aromatic rings. The maximum Gasteiger partial charge on any atom is 0.129 e. The van der Waals surface area contributed by atoms with E-state index < -0.39 is 0 Å². The minimum atomic E-state index is 0.558. The van der Waals surface area contributed by atoms with Crippen LogP contribution in [0.25, 0.3) is 22.3 Å². The van der Waals surface area contributed by atoms with Crippen LogP contribution in [0.1, 0.15) is 0 Å². The Morgan fingerprint density at radius 2 is 1.33 bits per heavy atom. The van der Waals surface area contributed by atoms with Crippen LogP contribution in [0.3, 0.4) is 0 Å². The minimum Gasteiger partial charge on any atom is -0.246 e. The average Bonchev–Trinajstić information content (AvgIpc) is 2.57. The van der Waals surface area contributed by atoms with Gasteiger partial charge in [-0.2, -0.15) is 0 Å². The predicted molar refractivity (Wildman–Crippen MR) is 75.8 cm³/mol. The van der Waals surface area contributed by atoms with Crippen molar-refractivity contribution in [2.75, 3.05) is 0 Å². The number of hydrogen-bond acceptors (Lipinski definition) is 3. The van der Waals surface area contributed by atoms with E-state index in [1.165, 1.54) is 0 Å². The summed E-state index contributed by atoms with van der Waals surface area (Å²) in [5.74, 6) is 0. The van der Waals surface area contributed by atoms with Crippen molar-refractivity contribution >= 4 is 23.3 Å². The number of para-hydroxylation sites is 2. The van der Waals surface area contributed by atoms with Crippen LogP contribution in [0, 0.1) is 4.64 Å². The lowest BCUT2D eigenvalue weighted by Crippen LogP contribution is -1.79. The van der Waals surface area contributed by atoms with Gasteiger partial charge in [0.15, 0.2) is 0 Å². The van der Waals surface area contributed by atoms with Crippen LogP contribution in [-0.2, 0) is 0 Å². The molecule has 0 unspecified atom stereocenters. The standard InChI is InChI=1S/C15H10N2S/c18-15-10-14(11-6-2-1-3-7-11)16-12-8-4-5-9-13(12)17-15/h1-10H. The molecule has 0 aliphatic carbocycles. The third-order valence-corrected chi connectivity index (χ3v) is 2.89. The van der Waals surface area contributed by atoms with Gasteiger partial charge in [0.1, 0.15) is 4.64 Å². The van der Waals surface area contributed by atoms with E-state index in [1.807, 2.05) is 60.7 Å². The van der Waals surface area contributed by atoms with Gasteiger partial charge in [0.05, 0.1) is 16.7 Å². The quantitative estimate of drug-likeness (QED) is 0.610. The normalized spacial score (nSPS) is 10.4. The summed E-state index contributed by atoms with van der Waals surface area (Å²) in [6.45, 7) is 0. The van der Waals surface area contributed by atoms with Gasteiger partial charge in [0, 0.05) is 11.6 Å². The van der Waals surface area contributed by atoms with Gasteiger partial charge in [-0.1, -0.05) is 54.7 Å². The summed E-state index contributed by atoms with van der Waals surface area (Å²) in [5.41, 5.74) is 3.58.